The van der Waals surface area contributed by atoms with Gasteiger partial charge in [-0.1, -0.05) is 37.8 Å². The lowest BCUT2D eigenvalue weighted by molar-refractivity contribution is 0.282. The second kappa shape index (κ2) is 9.71. The molecule has 6 heteroatoms. The van der Waals surface area contributed by atoms with Crippen molar-refractivity contribution >= 4 is 28.4 Å². The molecule has 29 heavy (non-hydrogen) atoms. The smallest absolute Gasteiger partial charge is 0.229 e. The van der Waals surface area contributed by atoms with Crippen molar-refractivity contribution in [1.82, 2.24) is 15.3 Å². The summed E-state index contributed by atoms with van der Waals surface area (Å²) in [6.45, 7) is 9.16. The third kappa shape index (κ3) is 5.56. The van der Waals surface area contributed by atoms with Crippen LogP contribution in [0.25, 0.3) is 10.9 Å². The highest BCUT2D eigenvalue weighted by molar-refractivity contribution is 5.91. The first-order valence-electron chi connectivity index (χ1n) is 9.70. The van der Waals surface area contributed by atoms with E-state index in [1.807, 2.05) is 61.5 Å². The van der Waals surface area contributed by atoms with E-state index < -0.39 is 0 Å². The summed E-state index contributed by atoms with van der Waals surface area (Å²) < 4.78 is 0. The van der Waals surface area contributed by atoms with Crippen LogP contribution < -0.4 is 16.0 Å². The number of rotatable bonds is 9. The summed E-state index contributed by atoms with van der Waals surface area (Å²) in [7, 11) is 0. The molecule has 0 atom stereocenters. The molecular formula is C23H27N5O. The van der Waals surface area contributed by atoms with Crippen LogP contribution in [-0.2, 0) is 6.61 Å². The molecule has 3 aromatic rings. The van der Waals surface area contributed by atoms with E-state index in [1.165, 1.54) is 0 Å². The second-order valence-electron chi connectivity index (χ2n) is 6.80. The Labute approximate surface area is 171 Å². The van der Waals surface area contributed by atoms with Crippen molar-refractivity contribution in [2.45, 2.75) is 26.9 Å². The first kappa shape index (κ1) is 20.4. The SMILES string of the molecule is C=C(/C=C(/C)NCCC)Nc1nc(Nc2cccc(CO)c2)nc2ccccc12. The first-order valence-corrected chi connectivity index (χ1v) is 9.70. The lowest BCUT2D eigenvalue weighted by atomic mass is 10.2. The summed E-state index contributed by atoms with van der Waals surface area (Å²) in [4.78, 5) is 9.27. The molecular weight excluding hydrogens is 362 g/mol. The molecule has 3 rings (SSSR count). The second-order valence-corrected chi connectivity index (χ2v) is 6.80. The third-order valence-electron chi connectivity index (χ3n) is 4.29. The molecule has 4 N–H and O–H groups in total. The third-order valence-corrected chi connectivity index (χ3v) is 4.29. The van der Waals surface area contributed by atoms with E-state index in [9.17, 15) is 5.11 Å². The molecule has 0 aliphatic carbocycles. The van der Waals surface area contributed by atoms with E-state index in [0.717, 1.165) is 46.5 Å². The lowest BCUT2D eigenvalue weighted by Gasteiger charge is -2.13. The lowest BCUT2D eigenvalue weighted by Crippen LogP contribution is -2.12. The van der Waals surface area contributed by atoms with Gasteiger partial charge in [-0.05, 0) is 49.2 Å². The van der Waals surface area contributed by atoms with Crippen LogP contribution in [0, 0.1) is 0 Å². The molecule has 2 aromatic carbocycles. The molecule has 0 unspecified atom stereocenters. The number of benzene rings is 2. The Bertz CT molecular complexity index is 1030. The van der Waals surface area contributed by atoms with E-state index >= 15 is 0 Å². The highest BCUT2D eigenvalue weighted by Gasteiger charge is 2.09. The monoisotopic (exact) mass is 389 g/mol. The van der Waals surface area contributed by atoms with Gasteiger partial charge >= 0.3 is 0 Å². The van der Waals surface area contributed by atoms with Gasteiger partial charge in [-0.25, -0.2) is 4.98 Å². The molecule has 0 saturated carbocycles. The minimum atomic E-state index is -0.0154. The van der Waals surface area contributed by atoms with Gasteiger partial charge in [0.2, 0.25) is 5.95 Å². The summed E-state index contributed by atoms with van der Waals surface area (Å²) >= 11 is 0. The summed E-state index contributed by atoms with van der Waals surface area (Å²) in [6, 6.07) is 15.4. The van der Waals surface area contributed by atoms with Crippen LogP contribution in [0.1, 0.15) is 25.8 Å². The predicted octanol–water partition coefficient (Wildman–Crippen LogP) is 4.69. The van der Waals surface area contributed by atoms with Crippen molar-refractivity contribution < 1.29 is 5.11 Å². The zero-order valence-corrected chi connectivity index (χ0v) is 16.9. The Kier molecular flexibility index (Phi) is 6.81. The fourth-order valence-electron chi connectivity index (χ4n) is 2.93. The number of aliphatic hydroxyl groups is 1. The molecule has 6 nitrogen and oxygen atoms in total. The molecule has 150 valence electrons. The quantitative estimate of drug-likeness (QED) is 0.397. The fourth-order valence-corrected chi connectivity index (χ4v) is 2.93. The first-order chi connectivity index (χ1) is 14.1. The van der Waals surface area contributed by atoms with Crippen molar-refractivity contribution in [1.29, 1.82) is 0 Å². The molecule has 0 amide bonds. The van der Waals surface area contributed by atoms with E-state index in [1.54, 1.807) is 0 Å². The molecule has 0 saturated heterocycles. The molecule has 0 spiro atoms. The molecule has 0 radical (unpaired) electrons. The number of aromatic nitrogens is 2. The van der Waals surface area contributed by atoms with E-state index in [2.05, 4.69) is 39.4 Å². The van der Waals surface area contributed by atoms with Crippen LogP contribution in [0.2, 0.25) is 0 Å². The summed E-state index contributed by atoms with van der Waals surface area (Å²) in [5.41, 5.74) is 4.24. The highest BCUT2D eigenvalue weighted by atomic mass is 16.3. The van der Waals surface area contributed by atoms with Crippen LogP contribution in [0.4, 0.5) is 17.5 Å². The summed E-state index contributed by atoms with van der Waals surface area (Å²) in [5, 5.41) is 20.1. The maximum Gasteiger partial charge on any atom is 0.229 e. The number of para-hydroxylation sites is 1. The fraction of sp³-hybridized carbons (Fsp3) is 0.217. The van der Waals surface area contributed by atoms with Crippen molar-refractivity contribution in [2.24, 2.45) is 0 Å². The standard InChI is InChI=1S/C23H27N5O/c1-4-12-24-16(2)13-17(3)25-22-20-10-5-6-11-21(20)27-23(28-22)26-19-9-7-8-18(14-19)15-29/h5-11,13-14,24,29H,3-4,12,15H2,1-2H3,(H2,25,26,27,28)/b16-13-. The Balaban J connectivity index is 1.88. The summed E-state index contributed by atoms with van der Waals surface area (Å²) in [5.74, 6) is 1.15. The van der Waals surface area contributed by atoms with Crippen molar-refractivity contribution in [2.75, 3.05) is 17.2 Å². The van der Waals surface area contributed by atoms with Gasteiger partial charge in [0.1, 0.15) is 5.82 Å². The van der Waals surface area contributed by atoms with Crippen molar-refractivity contribution in [3.8, 4) is 0 Å². The number of fused-ring (bicyclic) bond motifs is 1. The Morgan fingerprint density at radius 2 is 1.97 bits per heavy atom. The molecule has 0 aliphatic heterocycles. The van der Waals surface area contributed by atoms with Gasteiger partial charge in [0.15, 0.2) is 0 Å². The largest absolute Gasteiger partial charge is 0.392 e. The number of hydrogen-bond acceptors (Lipinski definition) is 6. The Morgan fingerprint density at radius 1 is 1.14 bits per heavy atom. The maximum atomic E-state index is 9.35. The zero-order valence-electron chi connectivity index (χ0n) is 16.9. The Hall–Kier alpha value is -3.38. The Morgan fingerprint density at radius 3 is 2.76 bits per heavy atom. The van der Waals surface area contributed by atoms with Gasteiger partial charge in [-0.2, -0.15) is 4.98 Å². The summed E-state index contributed by atoms with van der Waals surface area (Å²) in [6.07, 6.45) is 3.03. The van der Waals surface area contributed by atoms with Gasteiger partial charge < -0.3 is 21.1 Å². The molecule has 1 heterocycles. The van der Waals surface area contributed by atoms with Crippen LogP contribution in [0.3, 0.4) is 0 Å². The molecule has 0 aliphatic rings. The zero-order chi connectivity index (χ0) is 20.6. The predicted molar refractivity (Wildman–Crippen MR) is 120 cm³/mol. The van der Waals surface area contributed by atoms with Crippen LogP contribution >= 0.6 is 0 Å². The minimum Gasteiger partial charge on any atom is -0.392 e. The number of allylic oxidation sites excluding steroid dienone is 2. The minimum absolute atomic E-state index is 0.0154. The molecule has 0 bridgehead atoms. The van der Waals surface area contributed by atoms with Gasteiger partial charge in [-0.3, -0.25) is 0 Å². The van der Waals surface area contributed by atoms with Gasteiger partial charge in [-0.15, -0.1) is 0 Å². The maximum absolute atomic E-state index is 9.35. The molecule has 1 aromatic heterocycles. The number of nitrogens with one attached hydrogen (secondary N) is 3. The van der Waals surface area contributed by atoms with Crippen LogP contribution in [0.15, 0.2) is 72.6 Å². The van der Waals surface area contributed by atoms with Crippen molar-refractivity contribution in [3.63, 3.8) is 0 Å². The average Bonchev–Trinajstić information content (AvgIpc) is 2.72. The van der Waals surface area contributed by atoms with Crippen molar-refractivity contribution in [3.05, 3.63) is 78.1 Å². The number of nitrogens with zero attached hydrogens (tertiary/aromatic N) is 2. The normalized spacial score (nSPS) is 11.3. The number of aliphatic hydroxyl groups excluding tert-OH is 1. The average molecular weight is 390 g/mol. The highest BCUT2D eigenvalue weighted by Crippen LogP contribution is 2.25. The van der Waals surface area contributed by atoms with Gasteiger partial charge in [0, 0.05) is 29.0 Å². The van der Waals surface area contributed by atoms with Gasteiger partial charge in [0.05, 0.1) is 12.1 Å². The van der Waals surface area contributed by atoms with Crippen LogP contribution in [-0.4, -0.2) is 21.6 Å². The van der Waals surface area contributed by atoms with E-state index in [0.29, 0.717) is 11.8 Å². The molecule has 0 fully saturated rings. The number of anilines is 3. The van der Waals surface area contributed by atoms with Gasteiger partial charge in [0.25, 0.3) is 0 Å². The topological polar surface area (TPSA) is 82.1 Å². The van der Waals surface area contributed by atoms with E-state index in [-0.39, 0.29) is 6.61 Å². The van der Waals surface area contributed by atoms with Crippen LogP contribution in [0.5, 0.6) is 0 Å². The number of hydrogen-bond donors (Lipinski definition) is 4. The van der Waals surface area contributed by atoms with E-state index in [4.69, 9.17) is 0 Å².